The largest absolute Gasteiger partial charge is 0.383 e. The number of likely N-dealkylation sites (tertiary alicyclic amines) is 1. The smallest absolute Gasteiger partial charge is 0.346 e. The molecule has 0 radical (unpaired) electrons. The number of halogens is 1. The highest BCUT2D eigenvalue weighted by Gasteiger charge is 2.35. The zero-order valence-corrected chi connectivity index (χ0v) is 17.6. The van der Waals surface area contributed by atoms with Crippen LogP contribution in [0.5, 0.6) is 0 Å². The Kier molecular flexibility index (Phi) is 5.68. The number of hydrogen-bond acceptors (Lipinski definition) is 4. The van der Waals surface area contributed by atoms with Crippen molar-refractivity contribution in [1.82, 2.24) is 19.2 Å². The molecule has 1 aromatic heterocycles. The first-order chi connectivity index (χ1) is 13.6. The van der Waals surface area contributed by atoms with Crippen LogP contribution in [0.4, 0.5) is 0 Å². The summed E-state index contributed by atoms with van der Waals surface area (Å²) in [5.41, 5.74) is 0.630. The Hall–Kier alpha value is -1.93. The zero-order valence-electron chi connectivity index (χ0n) is 16.0. The third-order valence-corrected chi connectivity index (χ3v) is 5.95. The molecule has 0 N–H and O–H groups in total. The van der Waals surface area contributed by atoms with Crippen molar-refractivity contribution in [3.8, 4) is 0 Å². The minimum atomic E-state index is -0.0509. The number of carbonyl (C=O) groups excluding carboxylic acids is 1. The molecule has 28 heavy (non-hydrogen) atoms. The first-order valence-corrected chi connectivity index (χ1v) is 10.6. The summed E-state index contributed by atoms with van der Waals surface area (Å²) in [5, 5.41) is 4.65. The number of methoxy groups -OCH3 is 1. The lowest BCUT2D eigenvalue weighted by Gasteiger charge is -2.32. The fourth-order valence-corrected chi connectivity index (χ4v) is 4.29. The second kappa shape index (κ2) is 8.21. The normalized spacial score (nSPS) is 19.8. The highest BCUT2D eigenvalue weighted by molar-refractivity contribution is 9.10. The van der Waals surface area contributed by atoms with Gasteiger partial charge in [-0.15, -0.1) is 0 Å². The van der Waals surface area contributed by atoms with Gasteiger partial charge in [0.1, 0.15) is 5.82 Å². The molecule has 1 aliphatic carbocycles. The molecule has 1 atom stereocenters. The van der Waals surface area contributed by atoms with Crippen LogP contribution in [0.15, 0.2) is 33.5 Å². The maximum absolute atomic E-state index is 13.0. The minimum absolute atomic E-state index is 0.0325. The molecular weight excluding hydrogens is 424 g/mol. The maximum Gasteiger partial charge on any atom is 0.346 e. The summed E-state index contributed by atoms with van der Waals surface area (Å²) in [6.45, 7) is 2.24. The molecule has 0 spiro atoms. The average molecular weight is 449 g/mol. The molecule has 1 aromatic carbocycles. The number of piperidine rings is 1. The third-order valence-electron chi connectivity index (χ3n) is 5.46. The highest BCUT2D eigenvalue weighted by atomic mass is 79.9. The van der Waals surface area contributed by atoms with Gasteiger partial charge in [-0.2, -0.15) is 5.10 Å². The second-order valence-electron chi connectivity index (χ2n) is 7.56. The predicted octanol–water partition coefficient (Wildman–Crippen LogP) is 2.81. The van der Waals surface area contributed by atoms with Gasteiger partial charge in [0.25, 0.3) is 5.91 Å². The van der Waals surface area contributed by atoms with Crippen molar-refractivity contribution in [1.29, 1.82) is 0 Å². The van der Waals surface area contributed by atoms with Crippen LogP contribution < -0.4 is 5.69 Å². The third kappa shape index (κ3) is 3.93. The predicted molar refractivity (Wildman–Crippen MR) is 109 cm³/mol. The molecule has 1 unspecified atom stereocenters. The van der Waals surface area contributed by atoms with Crippen molar-refractivity contribution >= 4 is 21.8 Å². The quantitative estimate of drug-likeness (QED) is 0.680. The summed E-state index contributed by atoms with van der Waals surface area (Å²) < 4.78 is 9.40. The van der Waals surface area contributed by atoms with Crippen LogP contribution in [0.2, 0.25) is 0 Å². The molecule has 2 heterocycles. The molecule has 150 valence electrons. The van der Waals surface area contributed by atoms with Gasteiger partial charge in [-0.1, -0.05) is 22.0 Å². The number of rotatable bonds is 6. The van der Waals surface area contributed by atoms with Gasteiger partial charge in [-0.25, -0.2) is 9.48 Å². The summed E-state index contributed by atoms with van der Waals surface area (Å²) in [6, 6.07) is 7.74. The molecule has 2 aliphatic rings. The Morgan fingerprint density at radius 3 is 2.86 bits per heavy atom. The number of nitrogens with zero attached hydrogens (tertiary/aromatic N) is 4. The molecule has 1 aliphatic heterocycles. The van der Waals surface area contributed by atoms with E-state index in [0.717, 1.165) is 42.5 Å². The van der Waals surface area contributed by atoms with E-state index in [2.05, 4.69) is 21.0 Å². The van der Waals surface area contributed by atoms with Crippen molar-refractivity contribution in [3.05, 3.63) is 50.6 Å². The van der Waals surface area contributed by atoms with Crippen LogP contribution in [-0.4, -0.2) is 52.0 Å². The maximum atomic E-state index is 13.0. The molecule has 1 saturated carbocycles. The Morgan fingerprint density at radius 2 is 2.14 bits per heavy atom. The molecule has 1 amide bonds. The van der Waals surface area contributed by atoms with E-state index in [0.29, 0.717) is 25.3 Å². The fraction of sp³-hybridized carbons (Fsp3) is 0.550. The summed E-state index contributed by atoms with van der Waals surface area (Å²) in [6.07, 6.45) is 3.90. The molecule has 7 nitrogen and oxygen atoms in total. The average Bonchev–Trinajstić information content (AvgIpc) is 3.49. The SMILES string of the molecule is COCCn1nc(C2CCCN(C(=O)c3cccc(Br)c3)C2)n(C2CC2)c1=O. The van der Waals surface area contributed by atoms with Gasteiger partial charge in [0.2, 0.25) is 0 Å². The molecule has 0 bridgehead atoms. The molecular formula is C20H25BrN4O3. The first-order valence-electron chi connectivity index (χ1n) is 9.81. The van der Waals surface area contributed by atoms with Gasteiger partial charge in [0.15, 0.2) is 0 Å². The standard InChI is InChI=1S/C20H25BrN4O3/c1-28-11-10-24-20(27)25(17-7-8-17)18(22-24)15-5-3-9-23(13-15)19(26)14-4-2-6-16(21)12-14/h2,4,6,12,15,17H,3,5,7-11,13H2,1H3. The van der Waals surface area contributed by atoms with Crippen molar-refractivity contribution in [2.45, 2.75) is 44.2 Å². The fourth-order valence-electron chi connectivity index (χ4n) is 3.89. The van der Waals surface area contributed by atoms with Crippen molar-refractivity contribution in [3.63, 3.8) is 0 Å². The van der Waals surface area contributed by atoms with E-state index in [4.69, 9.17) is 4.74 Å². The van der Waals surface area contributed by atoms with E-state index in [9.17, 15) is 9.59 Å². The molecule has 8 heteroatoms. The Morgan fingerprint density at radius 1 is 1.32 bits per heavy atom. The highest BCUT2D eigenvalue weighted by Crippen LogP contribution is 2.37. The van der Waals surface area contributed by atoms with Crippen molar-refractivity contribution in [2.75, 3.05) is 26.8 Å². The van der Waals surface area contributed by atoms with Gasteiger partial charge in [-0.3, -0.25) is 9.36 Å². The number of amides is 1. The van der Waals surface area contributed by atoms with E-state index in [1.165, 1.54) is 4.68 Å². The first kappa shape index (κ1) is 19.4. The van der Waals surface area contributed by atoms with E-state index in [1.54, 1.807) is 7.11 Å². The van der Waals surface area contributed by atoms with Gasteiger partial charge in [0.05, 0.1) is 13.2 Å². The van der Waals surface area contributed by atoms with E-state index >= 15 is 0 Å². The van der Waals surface area contributed by atoms with Gasteiger partial charge in [-0.05, 0) is 43.9 Å². The summed E-state index contributed by atoms with van der Waals surface area (Å²) in [4.78, 5) is 27.7. The lowest BCUT2D eigenvalue weighted by molar-refractivity contribution is 0.0703. The number of benzene rings is 1. The van der Waals surface area contributed by atoms with Crippen LogP contribution >= 0.6 is 15.9 Å². The second-order valence-corrected chi connectivity index (χ2v) is 8.47. The summed E-state index contributed by atoms with van der Waals surface area (Å²) in [7, 11) is 1.62. The van der Waals surface area contributed by atoms with E-state index in [1.807, 2.05) is 33.7 Å². The zero-order chi connectivity index (χ0) is 19.7. The lowest BCUT2D eigenvalue weighted by Crippen LogP contribution is -2.40. The molecule has 2 aromatic rings. The number of aromatic nitrogens is 3. The Labute approximate surface area is 172 Å². The topological polar surface area (TPSA) is 69.4 Å². The van der Waals surface area contributed by atoms with Crippen LogP contribution in [0.3, 0.4) is 0 Å². The van der Waals surface area contributed by atoms with Gasteiger partial charge < -0.3 is 9.64 Å². The van der Waals surface area contributed by atoms with Gasteiger partial charge >= 0.3 is 5.69 Å². The number of carbonyl (C=O) groups is 1. The molecule has 2 fully saturated rings. The van der Waals surface area contributed by atoms with Crippen molar-refractivity contribution < 1.29 is 9.53 Å². The Bertz CT molecular complexity index is 918. The lowest BCUT2D eigenvalue weighted by atomic mass is 9.96. The monoisotopic (exact) mass is 448 g/mol. The van der Waals surface area contributed by atoms with E-state index < -0.39 is 0 Å². The van der Waals surface area contributed by atoms with Crippen LogP contribution in [0.25, 0.3) is 0 Å². The number of hydrogen-bond donors (Lipinski definition) is 0. The van der Waals surface area contributed by atoms with Gasteiger partial charge in [0, 0.05) is 42.2 Å². The Balaban J connectivity index is 1.58. The van der Waals surface area contributed by atoms with Crippen LogP contribution in [0, 0.1) is 0 Å². The van der Waals surface area contributed by atoms with E-state index in [-0.39, 0.29) is 23.6 Å². The summed E-state index contributed by atoms with van der Waals surface area (Å²) >= 11 is 3.43. The van der Waals surface area contributed by atoms with Crippen molar-refractivity contribution in [2.24, 2.45) is 0 Å². The molecule has 1 saturated heterocycles. The van der Waals surface area contributed by atoms with Crippen LogP contribution in [-0.2, 0) is 11.3 Å². The summed E-state index contributed by atoms with van der Waals surface area (Å²) in [5.74, 6) is 0.947. The molecule has 4 rings (SSSR count). The number of ether oxygens (including phenoxy) is 1. The van der Waals surface area contributed by atoms with Crippen LogP contribution in [0.1, 0.15) is 53.8 Å². The minimum Gasteiger partial charge on any atom is -0.383 e.